The number of aromatic nitrogens is 3. The lowest BCUT2D eigenvalue weighted by molar-refractivity contribution is 0.276. The standard InChI is InChI=1S/C14H10ClN3O3/c15-9-4-5-12(18-7-10(8-19)16-17-18)11(6-9)13-2-1-3-14(20)21-13/h1-7,19H,8H2. The maximum atomic E-state index is 11.4. The molecule has 1 N–H and O–H groups in total. The molecule has 0 bridgehead atoms. The van der Waals surface area contributed by atoms with Gasteiger partial charge in [0.2, 0.25) is 0 Å². The molecular formula is C14H10ClN3O3. The van der Waals surface area contributed by atoms with Crippen molar-refractivity contribution in [3.05, 3.63) is 63.7 Å². The lowest BCUT2D eigenvalue weighted by Gasteiger charge is -2.08. The van der Waals surface area contributed by atoms with Gasteiger partial charge >= 0.3 is 5.63 Å². The second-order valence-corrected chi connectivity index (χ2v) is 4.72. The van der Waals surface area contributed by atoms with E-state index in [2.05, 4.69) is 10.3 Å². The van der Waals surface area contributed by atoms with Gasteiger partial charge in [-0.1, -0.05) is 22.9 Å². The van der Waals surface area contributed by atoms with E-state index in [9.17, 15) is 4.79 Å². The molecule has 0 aliphatic rings. The fraction of sp³-hybridized carbons (Fsp3) is 0.0714. The van der Waals surface area contributed by atoms with Crippen molar-refractivity contribution in [3.63, 3.8) is 0 Å². The van der Waals surface area contributed by atoms with Crippen LogP contribution in [0.4, 0.5) is 0 Å². The van der Waals surface area contributed by atoms with Crippen molar-refractivity contribution in [2.75, 3.05) is 0 Å². The zero-order valence-electron chi connectivity index (χ0n) is 10.7. The molecule has 0 atom stereocenters. The Balaban J connectivity index is 2.19. The van der Waals surface area contributed by atoms with E-state index in [1.165, 1.54) is 10.7 Å². The molecule has 0 fully saturated rings. The van der Waals surface area contributed by atoms with Crippen LogP contribution in [0, 0.1) is 0 Å². The van der Waals surface area contributed by atoms with Crippen LogP contribution >= 0.6 is 11.6 Å². The summed E-state index contributed by atoms with van der Waals surface area (Å²) in [5, 5.41) is 17.3. The van der Waals surface area contributed by atoms with E-state index in [0.717, 1.165) is 0 Å². The molecule has 0 saturated carbocycles. The van der Waals surface area contributed by atoms with Gasteiger partial charge in [0.1, 0.15) is 11.5 Å². The quantitative estimate of drug-likeness (QED) is 0.800. The number of rotatable bonds is 3. The smallest absolute Gasteiger partial charge is 0.336 e. The van der Waals surface area contributed by atoms with E-state index in [4.69, 9.17) is 21.1 Å². The Labute approximate surface area is 124 Å². The van der Waals surface area contributed by atoms with E-state index >= 15 is 0 Å². The highest BCUT2D eigenvalue weighted by molar-refractivity contribution is 6.31. The average Bonchev–Trinajstić information content (AvgIpc) is 2.96. The monoisotopic (exact) mass is 303 g/mol. The lowest BCUT2D eigenvalue weighted by atomic mass is 10.1. The molecule has 0 unspecified atom stereocenters. The summed E-state index contributed by atoms with van der Waals surface area (Å²) in [5.41, 5.74) is 1.23. The summed E-state index contributed by atoms with van der Waals surface area (Å²) >= 11 is 6.02. The second-order valence-electron chi connectivity index (χ2n) is 4.29. The van der Waals surface area contributed by atoms with Crippen LogP contribution in [0.3, 0.4) is 0 Å². The fourth-order valence-corrected chi connectivity index (χ4v) is 2.10. The van der Waals surface area contributed by atoms with Gasteiger partial charge < -0.3 is 9.52 Å². The van der Waals surface area contributed by atoms with Gasteiger partial charge in [0, 0.05) is 16.7 Å². The molecule has 0 aliphatic heterocycles. The van der Waals surface area contributed by atoms with Crippen molar-refractivity contribution < 1.29 is 9.52 Å². The molecule has 2 aromatic heterocycles. The molecule has 0 spiro atoms. The Morgan fingerprint density at radius 1 is 1.29 bits per heavy atom. The van der Waals surface area contributed by atoms with Crippen LogP contribution in [0.2, 0.25) is 5.02 Å². The van der Waals surface area contributed by atoms with Gasteiger partial charge in [0.25, 0.3) is 0 Å². The fourth-order valence-electron chi connectivity index (χ4n) is 1.93. The van der Waals surface area contributed by atoms with Gasteiger partial charge in [0.05, 0.1) is 18.5 Å². The highest BCUT2D eigenvalue weighted by Crippen LogP contribution is 2.28. The zero-order valence-corrected chi connectivity index (χ0v) is 11.5. The highest BCUT2D eigenvalue weighted by Gasteiger charge is 2.12. The molecule has 0 radical (unpaired) electrons. The van der Waals surface area contributed by atoms with Gasteiger partial charge in [-0.2, -0.15) is 0 Å². The summed E-state index contributed by atoms with van der Waals surface area (Å²) in [6.45, 7) is -0.205. The zero-order chi connectivity index (χ0) is 14.8. The summed E-state index contributed by atoms with van der Waals surface area (Å²) in [4.78, 5) is 11.4. The van der Waals surface area contributed by atoms with E-state index in [1.54, 1.807) is 36.5 Å². The Morgan fingerprint density at radius 3 is 2.86 bits per heavy atom. The number of aliphatic hydroxyl groups excluding tert-OH is 1. The Bertz CT molecular complexity index is 841. The van der Waals surface area contributed by atoms with Crippen LogP contribution in [-0.4, -0.2) is 20.1 Å². The number of benzene rings is 1. The number of hydrogen-bond acceptors (Lipinski definition) is 5. The molecule has 3 rings (SSSR count). The van der Waals surface area contributed by atoms with E-state index < -0.39 is 5.63 Å². The third-order valence-electron chi connectivity index (χ3n) is 2.86. The number of aliphatic hydroxyl groups is 1. The first-order valence-corrected chi connectivity index (χ1v) is 6.48. The minimum absolute atomic E-state index is 0.205. The third kappa shape index (κ3) is 2.72. The molecule has 1 aromatic carbocycles. The Hall–Kier alpha value is -2.44. The predicted octanol–water partition coefficient (Wildman–Crippen LogP) is 2.03. The molecule has 3 aromatic rings. The molecule has 106 valence electrons. The SMILES string of the molecule is O=c1cccc(-c2cc(Cl)ccc2-n2cc(CO)nn2)o1. The van der Waals surface area contributed by atoms with Crippen molar-refractivity contribution in [2.24, 2.45) is 0 Å². The predicted molar refractivity (Wildman–Crippen MR) is 76.3 cm³/mol. The van der Waals surface area contributed by atoms with Gasteiger partial charge in [-0.25, -0.2) is 9.48 Å². The van der Waals surface area contributed by atoms with Crippen LogP contribution in [-0.2, 0) is 6.61 Å². The average molecular weight is 304 g/mol. The van der Waals surface area contributed by atoms with Crippen molar-refractivity contribution in [3.8, 4) is 17.0 Å². The highest BCUT2D eigenvalue weighted by atomic mass is 35.5. The molecule has 7 heteroatoms. The van der Waals surface area contributed by atoms with Crippen LogP contribution in [0.1, 0.15) is 5.69 Å². The second kappa shape index (κ2) is 5.51. The van der Waals surface area contributed by atoms with Crippen molar-refractivity contribution in [1.82, 2.24) is 15.0 Å². The van der Waals surface area contributed by atoms with Crippen LogP contribution in [0.15, 0.2) is 51.8 Å². The largest absolute Gasteiger partial charge is 0.423 e. The molecule has 21 heavy (non-hydrogen) atoms. The number of nitrogens with zero attached hydrogens (tertiary/aromatic N) is 3. The van der Waals surface area contributed by atoms with Gasteiger partial charge in [-0.05, 0) is 24.3 Å². The molecule has 0 aliphatic carbocycles. The first-order chi connectivity index (χ1) is 10.2. The van der Waals surface area contributed by atoms with Crippen LogP contribution in [0.25, 0.3) is 17.0 Å². The molecule has 0 amide bonds. The van der Waals surface area contributed by atoms with Crippen molar-refractivity contribution in [1.29, 1.82) is 0 Å². The van der Waals surface area contributed by atoms with Crippen molar-refractivity contribution in [2.45, 2.75) is 6.61 Å². The third-order valence-corrected chi connectivity index (χ3v) is 3.10. The topological polar surface area (TPSA) is 81.2 Å². The van der Waals surface area contributed by atoms with Crippen molar-refractivity contribution >= 4 is 11.6 Å². The normalized spacial score (nSPS) is 10.8. The Kier molecular flexibility index (Phi) is 3.55. The summed E-state index contributed by atoms with van der Waals surface area (Å²) in [5.74, 6) is 0.376. The minimum atomic E-state index is -0.451. The molecule has 6 nitrogen and oxygen atoms in total. The minimum Gasteiger partial charge on any atom is -0.423 e. The lowest BCUT2D eigenvalue weighted by Crippen LogP contribution is -2.01. The number of halogens is 1. The van der Waals surface area contributed by atoms with Crippen LogP contribution in [0.5, 0.6) is 0 Å². The molecule has 2 heterocycles. The summed E-state index contributed by atoms with van der Waals surface area (Å²) in [6.07, 6.45) is 1.59. The van der Waals surface area contributed by atoms with Gasteiger partial charge in [-0.3, -0.25) is 0 Å². The molecule has 0 saturated heterocycles. The summed E-state index contributed by atoms with van der Waals surface area (Å²) in [7, 11) is 0. The van der Waals surface area contributed by atoms with E-state index in [0.29, 0.717) is 27.7 Å². The van der Waals surface area contributed by atoms with Gasteiger partial charge in [-0.15, -0.1) is 5.10 Å². The van der Waals surface area contributed by atoms with Gasteiger partial charge in [0.15, 0.2) is 0 Å². The first kappa shape index (κ1) is 13.5. The summed E-state index contributed by atoms with van der Waals surface area (Å²) < 4.78 is 6.68. The van der Waals surface area contributed by atoms with E-state index in [1.807, 2.05) is 0 Å². The summed E-state index contributed by atoms with van der Waals surface area (Å²) in [6, 6.07) is 9.71. The maximum absolute atomic E-state index is 11.4. The van der Waals surface area contributed by atoms with E-state index in [-0.39, 0.29) is 6.61 Å². The maximum Gasteiger partial charge on any atom is 0.336 e. The van der Waals surface area contributed by atoms with Crippen LogP contribution < -0.4 is 5.63 Å². The Morgan fingerprint density at radius 2 is 2.14 bits per heavy atom. The first-order valence-electron chi connectivity index (χ1n) is 6.10. The number of hydrogen-bond donors (Lipinski definition) is 1. The molecular weight excluding hydrogens is 294 g/mol.